The molecule has 100 valence electrons. The molecule has 0 unspecified atom stereocenters. The van der Waals surface area contributed by atoms with Crippen molar-refractivity contribution in [3.05, 3.63) is 70.5 Å². The molecule has 0 bridgehead atoms. The van der Waals surface area contributed by atoms with Gasteiger partial charge >= 0.3 is 0 Å². The molecule has 1 amide bonds. The quantitative estimate of drug-likeness (QED) is 0.846. The van der Waals surface area contributed by atoms with E-state index in [9.17, 15) is 4.79 Å². The molecule has 1 aromatic heterocycles. The molecule has 3 rings (SSSR count). The lowest BCUT2D eigenvalue weighted by Crippen LogP contribution is -2.29. The van der Waals surface area contributed by atoms with E-state index in [1.54, 1.807) is 17.2 Å². The summed E-state index contributed by atoms with van der Waals surface area (Å²) in [5.41, 5.74) is 2.82. The van der Waals surface area contributed by atoms with E-state index in [0.29, 0.717) is 18.8 Å². The summed E-state index contributed by atoms with van der Waals surface area (Å²) >= 11 is 3.38. The van der Waals surface area contributed by atoms with Gasteiger partial charge in [0.2, 0.25) is 0 Å². The van der Waals surface area contributed by atoms with Crippen LogP contribution in [-0.4, -0.2) is 28.9 Å². The second-order valence-electron chi connectivity index (χ2n) is 4.61. The summed E-state index contributed by atoms with van der Waals surface area (Å²) in [6.07, 6.45) is 3.74. The average Bonchev–Trinajstić information content (AvgIpc) is 2.98. The summed E-state index contributed by atoms with van der Waals surface area (Å²) in [6, 6.07) is 13.8. The van der Waals surface area contributed by atoms with Crippen LogP contribution >= 0.6 is 15.9 Å². The smallest absolute Gasteiger partial charge is 0.274 e. The summed E-state index contributed by atoms with van der Waals surface area (Å²) in [5, 5.41) is 0. The number of nitrogens with zero attached hydrogens (tertiary/aromatic N) is 2. The topological polar surface area (TPSA) is 33.2 Å². The lowest BCUT2D eigenvalue weighted by Gasteiger charge is -2.16. The predicted molar refractivity (Wildman–Crippen MR) is 82.3 cm³/mol. The molecule has 0 saturated heterocycles. The van der Waals surface area contributed by atoms with Gasteiger partial charge in [-0.25, -0.2) is 4.98 Å². The molecule has 2 heterocycles. The highest BCUT2D eigenvalue weighted by Crippen LogP contribution is 2.23. The molecule has 3 nitrogen and oxygen atoms in total. The molecule has 0 fully saturated rings. The van der Waals surface area contributed by atoms with Gasteiger partial charge in [0, 0.05) is 23.8 Å². The van der Waals surface area contributed by atoms with Gasteiger partial charge in [0.25, 0.3) is 5.91 Å². The minimum absolute atomic E-state index is 0.0420. The number of carbonyl (C=O) groups is 1. The molecule has 0 atom stereocenters. The Labute approximate surface area is 126 Å². The fourth-order valence-electron chi connectivity index (χ4n) is 2.26. The molecule has 0 N–H and O–H groups in total. The highest BCUT2D eigenvalue weighted by molar-refractivity contribution is 9.10. The van der Waals surface area contributed by atoms with Crippen LogP contribution in [0.15, 0.2) is 59.2 Å². The second kappa shape index (κ2) is 5.59. The Balaban J connectivity index is 1.77. The van der Waals surface area contributed by atoms with Gasteiger partial charge in [-0.1, -0.05) is 36.4 Å². The Morgan fingerprint density at radius 1 is 1.15 bits per heavy atom. The number of benzene rings is 1. The third kappa shape index (κ3) is 2.51. The van der Waals surface area contributed by atoms with Gasteiger partial charge in [0.15, 0.2) is 0 Å². The first-order chi connectivity index (χ1) is 9.75. The largest absolute Gasteiger partial charge is 0.329 e. The highest BCUT2D eigenvalue weighted by atomic mass is 79.9. The maximum Gasteiger partial charge on any atom is 0.274 e. The third-order valence-corrected chi connectivity index (χ3v) is 3.95. The van der Waals surface area contributed by atoms with Gasteiger partial charge in [0.1, 0.15) is 5.69 Å². The standard InChI is InChI=1S/C16H13BrN2O/c17-14-7-4-9-18-15(14)16(20)19-10-8-13(11-19)12-5-2-1-3-6-12/h1-9H,10-11H2. The third-order valence-electron chi connectivity index (χ3n) is 3.31. The molecule has 1 aliphatic rings. The molecule has 0 saturated carbocycles. The Morgan fingerprint density at radius 3 is 2.70 bits per heavy atom. The molecule has 1 aromatic carbocycles. The Morgan fingerprint density at radius 2 is 1.95 bits per heavy atom. The van der Waals surface area contributed by atoms with E-state index in [1.165, 1.54) is 11.1 Å². The van der Waals surface area contributed by atoms with Crippen LogP contribution in [0.1, 0.15) is 16.1 Å². The van der Waals surface area contributed by atoms with Crippen molar-refractivity contribution in [1.29, 1.82) is 0 Å². The van der Waals surface area contributed by atoms with Crippen molar-refractivity contribution >= 4 is 27.4 Å². The van der Waals surface area contributed by atoms with E-state index in [4.69, 9.17) is 0 Å². The summed E-state index contributed by atoms with van der Waals surface area (Å²) in [6.45, 7) is 1.26. The monoisotopic (exact) mass is 328 g/mol. The van der Waals surface area contributed by atoms with E-state index in [-0.39, 0.29) is 5.91 Å². The maximum atomic E-state index is 12.4. The number of halogens is 1. The van der Waals surface area contributed by atoms with Crippen molar-refractivity contribution in [2.24, 2.45) is 0 Å². The molecular formula is C16H13BrN2O. The fraction of sp³-hybridized carbons (Fsp3) is 0.125. The zero-order valence-electron chi connectivity index (χ0n) is 10.8. The van der Waals surface area contributed by atoms with Crippen molar-refractivity contribution in [1.82, 2.24) is 9.88 Å². The SMILES string of the molecule is O=C(c1ncccc1Br)N1CC=C(c2ccccc2)C1. The van der Waals surface area contributed by atoms with Crippen LogP contribution in [0.25, 0.3) is 5.57 Å². The molecule has 0 aliphatic carbocycles. The maximum absolute atomic E-state index is 12.4. The minimum Gasteiger partial charge on any atom is -0.329 e. The first-order valence-corrected chi connectivity index (χ1v) is 7.19. The Hall–Kier alpha value is -1.94. The average molecular weight is 329 g/mol. The van der Waals surface area contributed by atoms with Crippen LogP contribution in [0.2, 0.25) is 0 Å². The predicted octanol–water partition coefficient (Wildman–Crippen LogP) is 3.38. The van der Waals surface area contributed by atoms with Gasteiger partial charge in [-0.3, -0.25) is 4.79 Å². The Bertz CT molecular complexity index is 667. The number of hydrogen-bond acceptors (Lipinski definition) is 2. The summed E-state index contributed by atoms with van der Waals surface area (Å²) in [4.78, 5) is 18.4. The van der Waals surface area contributed by atoms with Crippen LogP contribution < -0.4 is 0 Å². The van der Waals surface area contributed by atoms with E-state index >= 15 is 0 Å². The molecule has 1 aliphatic heterocycles. The zero-order chi connectivity index (χ0) is 13.9. The molecule has 2 aromatic rings. The number of pyridine rings is 1. The summed E-state index contributed by atoms with van der Waals surface area (Å²) < 4.78 is 0.734. The number of hydrogen-bond donors (Lipinski definition) is 0. The zero-order valence-corrected chi connectivity index (χ0v) is 12.4. The lowest BCUT2D eigenvalue weighted by molar-refractivity contribution is 0.0795. The molecular weight excluding hydrogens is 316 g/mol. The van der Waals surface area contributed by atoms with Gasteiger partial charge < -0.3 is 4.90 Å². The van der Waals surface area contributed by atoms with Crippen LogP contribution in [-0.2, 0) is 0 Å². The Kier molecular flexibility index (Phi) is 3.65. The van der Waals surface area contributed by atoms with Crippen molar-refractivity contribution < 1.29 is 4.79 Å². The van der Waals surface area contributed by atoms with Crippen LogP contribution in [0.3, 0.4) is 0 Å². The van der Waals surface area contributed by atoms with E-state index in [2.05, 4.69) is 39.1 Å². The van der Waals surface area contributed by atoms with Crippen molar-refractivity contribution in [2.75, 3.05) is 13.1 Å². The second-order valence-corrected chi connectivity index (χ2v) is 5.47. The van der Waals surface area contributed by atoms with Crippen molar-refractivity contribution in [3.63, 3.8) is 0 Å². The van der Waals surface area contributed by atoms with Crippen molar-refractivity contribution in [3.8, 4) is 0 Å². The van der Waals surface area contributed by atoms with Crippen molar-refractivity contribution in [2.45, 2.75) is 0 Å². The van der Waals surface area contributed by atoms with Crippen LogP contribution in [0, 0.1) is 0 Å². The summed E-state index contributed by atoms with van der Waals surface area (Å²) in [5.74, 6) is -0.0420. The van der Waals surface area contributed by atoms with Gasteiger partial charge in [-0.15, -0.1) is 0 Å². The van der Waals surface area contributed by atoms with Gasteiger partial charge in [0.05, 0.1) is 0 Å². The fourth-order valence-corrected chi connectivity index (χ4v) is 2.69. The molecule has 0 spiro atoms. The first-order valence-electron chi connectivity index (χ1n) is 6.40. The van der Waals surface area contributed by atoms with Crippen LogP contribution in [0.4, 0.5) is 0 Å². The number of aromatic nitrogens is 1. The lowest BCUT2D eigenvalue weighted by atomic mass is 10.1. The summed E-state index contributed by atoms with van der Waals surface area (Å²) in [7, 11) is 0. The van der Waals surface area contributed by atoms with Gasteiger partial charge in [-0.05, 0) is 39.2 Å². The van der Waals surface area contributed by atoms with E-state index in [1.807, 2.05) is 24.3 Å². The molecule has 20 heavy (non-hydrogen) atoms. The number of rotatable bonds is 2. The van der Waals surface area contributed by atoms with E-state index in [0.717, 1.165) is 4.47 Å². The number of amides is 1. The minimum atomic E-state index is -0.0420. The molecule has 0 radical (unpaired) electrons. The highest BCUT2D eigenvalue weighted by Gasteiger charge is 2.23. The molecule has 4 heteroatoms. The van der Waals surface area contributed by atoms with E-state index < -0.39 is 0 Å². The normalized spacial score (nSPS) is 14.2. The number of carbonyl (C=O) groups excluding carboxylic acids is 1. The van der Waals surface area contributed by atoms with Gasteiger partial charge in [-0.2, -0.15) is 0 Å². The van der Waals surface area contributed by atoms with Crippen LogP contribution in [0.5, 0.6) is 0 Å². The first kappa shape index (κ1) is 13.1.